The molecule has 0 aliphatic rings. The van der Waals surface area contributed by atoms with Crippen molar-refractivity contribution in [2.45, 2.75) is 13.0 Å². The summed E-state index contributed by atoms with van der Waals surface area (Å²) < 4.78 is 0. The molecule has 13 heavy (non-hydrogen) atoms. The van der Waals surface area contributed by atoms with Gasteiger partial charge in [0.05, 0.1) is 0 Å². The largest absolute Gasteiger partial charge is 0.366 e. The number of rotatable bonds is 2. The molecule has 0 saturated heterocycles. The lowest BCUT2D eigenvalue weighted by Gasteiger charge is -2.08. The smallest absolute Gasteiger partial charge is 0.249 e. The maximum absolute atomic E-state index is 10.9. The van der Waals surface area contributed by atoms with Crippen molar-refractivity contribution < 1.29 is 4.79 Å². The van der Waals surface area contributed by atoms with Gasteiger partial charge in [-0.3, -0.25) is 4.79 Å². The first-order chi connectivity index (χ1) is 5.63. The second-order valence-corrected chi connectivity index (χ2v) is 2.74. The van der Waals surface area contributed by atoms with Crippen LogP contribution in [0, 0.1) is 0 Å². The van der Waals surface area contributed by atoms with E-state index in [-0.39, 0.29) is 18.4 Å². The van der Waals surface area contributed by atoms with Gasteiger partial charge in [0.15, 0.2) is 0 Å². The van der Waals surface area contributed by atoms with E-state index in [1.165, 1.54) is 0 Å². The van der Waals surface area contributed by atoms with Crippen molar-refractivity contribution in [2.24, 2.45) is 11.5 Å². The molecule has 0 fully saturated rings. The van der Waals surface area contributed by atoms with E-state index in [1.807, 2.05) is 19.1 Å². The summed E-state index contributed by atoms with van der Waals surface area (Å²) in [6.07, 6.45) is 0. The molecule has 1 rings (SSSR count). The summed E-state index contributed by atoms with van der Waals surface area (Å²) in [6.45, 7) is 1.82. The molecule has 0 heterocycles. The molecule has 1 amide bonds. The fourth-order valence-electron chi connectivity index (χ4n) is 1.12. The molecule has 4 N–H and O–H groups in total. The van der Waals surface area contributed by atoms with Gasteiger partial charge in [0.1, 0.15) is 0 Å². The summed E-state index contributed by atoms with van der Waals surface area (Å²) in [7, 11) is 0. The summed E-state index contributed by atoms with van der Waals surface area (Å²) in [5, 5.41) is 0. The number of halogens is 1. The van der Waals surface area contributed by atoms with E-state index in [1.54, 1.807) is 12.1 Å². The van der Waals surface area contributed by atoms with Gasteiger partial charge in [-0.15, -0.1) is 12.4 Å². The number of nitrogens with two attached hydrogens (primary N) is 2. The first-order valence-electron chi connectivity index (χ1n) is 3.77. The minimum absolute atomic E-state index is 0. The zero-order valence-electron chi connectivity index (χ0n) is 7.36. The molecule has 0 aliphatic carbocycles. The molecular weight excluding hydrogens is 188 g/mol. The van der Waals surface area contributed by atoms with Gasteiger partial charge in [-0.25, -0.2) is 0 Å². The average Bonchev–Trinajstić information content (AvgIpc) is 2.04. The number of carbonyl (C=O) groups excluding carboxylic acids is 1. The second kappa shape index (κ2) is 4.84. The Bertz CT molecular complexity index is 299. The van der Waals surface area contributed by atoms with Gasteiger partial charge in [-0.2, -0.15) is 0 Å². The quantitative estimate of drug-likeness (QED) is 0.754. The molecule has 72 valence electrons. The Kier molecular flexibility index (Phi) is 4.45. The van der Waals surface area contributed by atoms with Crippen LogP contribution in [-0.4, -0.2) is 5.91 Å². The predicted molar refractivity (Wildman–Crippen MR) is 54.8 cm³/mol. The zero-order chi connectivity index (χ0) is 9.14. The van der Waals surface area contributed by atoms with Crippen LogP contribution in [-0.2, 0) is 0 Å². The third-order valence-electron chi connectivity index (χ3n) is 1.72. The molecule has 4 heteroatoms. The molecule has 1 unspecified atom stereocenters. The van der Waals surface area contributed by atoms with Crippen LogP contribution in [0.3, 0.4) is 0 Å². The summed E-state index contributed by atoms with van der Waals surface area (Å²) >= 11 is 0. The number of benzene rings is 1. The first-order valence-corrected chi connectivity index (χ1v) is 3.77. The number of amides is 1. The molecule has 0 spiro atoms. The Morgan fingerprint density at radius 3 is 2.31 bits per heavy atom. The molecule has 0 bridgehead atoms. The summed E-state index contributed by atoms with van der Waals surface area (Å²) in [5.41, 5.74) is 12.1. The summed E-state index contributed by atoms with van der Waals surface area (Å²) in [5.74, 6) is -0.428. The average molecular weight is 201 g/mol. The standard InChI is InChI=1S/C9H12N2O.ClH/c1-6(10)7-4-2-3-5-8(7)9(11)12;/h2-6H,10H2,1H3,(H2,11,12);1H. The molecular formula is C9H13ClN2O. The predicted octanol–water partition coefficient (Wildman–Crippen LogP) is 1.23. The van der Waals surface area contributed by atoms with Crippen LogP contribution in [0.15, 0.2) is 24.3 Å². The van der Waals surface area contributed by atoms with Crippen LogP contribution < -0.4 is 11.5 Å². The van der Waals surface area contributed by atoms with Crippen molar-refractivity contribution >= 4 is 18.3 Å². The lowest BCUT2D eigenvalue weighted by molar-refractivity contribution is 0.0999. The highest BCUT2D eigenvalue weighted by molar-refractivity contribution is 5.94. The Labute approximate surface area is 83.5 Å². The zero-order valence-corrected chi connectivity index (χ0v) is 8.17. The molecule has 0 radical (unpaired) electrons. The van der Waals surface area contributed by atoms with E-state index < -0.39 is 5.91 Å². The fourth-order valence-corrected chi connectivity index (χ4v) is 1.12. The van der Waals surface area contributed by atoms with Crippen LogP contribution in [0.4, 0.5) is 0 Å². The molecule has 1 aromatic rings. The molecule has 0 aromatic heterocycles. The normalized spacial score (nSPS) is 11.5. The first kappa shape index (κ1) is 11.9. The number of hydrogen-bond donors (Lipinski definition) is 2. The maximum atomic E-state index is 10.9. The van der Waals surface area contributed by atoms with Crippen LogP contribution >= 0.6 is 12.4 Å². The molecule has 0 aliphatic heterocycles. The number of hydrogen-bond acceptors (Lipinski definition) is 2. The second-order valence-electron chi connectivity index (χ2n) is 2.74. The summed E-state index contributed by atoms with van der Waals surface area (Å²) in [6, 6.07) is 6.94. The molecule has 3 nitrogen and oxygen atoms in total. The Morgan fingerprint density at radius 1 is 1.38 bits per heavy atom. The highest BCUT2D eigenvalue weighted by Crippen LogP contribution is 2.14. The lowest BCUT2D eigenvalue weighted by atomic mass is 10.0. The highest BCUT2D eigenvalue weighted by Gasteiger charge is 2.09. The van der Waals surface area contributed by atoms with E-state index in [2.05, 4.69) is 0 Å². The van der Waals surface area contributed by atoms with Crippen molar-refractivity contribution in [3.8, 4) is 0 Å². The van der Waals surface area contributed by atoms with Crippen LogP contribution in [0.5, 0.6) is 0 Å². The van der Waals surface area contributed by atoms with Gasteiger partial charge >= 0.3 is 0 Å². The van der Waals surface area contributed by atoms with Gasteiger partial charge in [-0.1, -0.05) is 18.2 Å². The molecule has 1 aromatic carbocycles. The maximum Gasteiger partial charge on any atom is 0.249 e. The van der Waals surface area contributed by atoms with E-state index >= 15 is 0 Å². The van der Waals surface area contributed by atoms with Gasteiger partial charge in [0.25, 0.3) is 0 Å². The van der Waals surface area contributed by atoms with E-state index in [0.717, 1.165) is 5.56 Å². The van der Waals surface area contributed by atoms with Gasteiger partial charge in [0.2, 0.25) is 5.91 Å². The number of primary amides is 1. The van der Waals surface area contributed by atoms with Crippen LogP contribution in [0.1, 0.15) is 28.9 Å². The van der Waals surface area contributed by atoms with Crippen molar-refractivity contribution in [3.63, 3.8) is 0 Å². The van der Waals surface area contributed by atoms with Gasteiger partial charge in [-0.05, 0) is 18.6 Å². The fraction of sp³-hybridized carbons (Fsp3) is 0.222. The minimum atomic E-state index is -0.428. The third-order valence-corrected chi connectivity index (χ3v) is 1.72. The van der Waals surface area contributed by atoms with Crippen molar-refractivity contribution in [3.05, 3.63) is 35.4 Å². The lowest BCUT2D eigenvalue weighted by Crippen LogP contribution is -2.17. The van der Waals surface area contributed by atoms with Gasteiger partial charge in [0, 0.05) is 11.6 Å². The number of carbonyl (C=O) groups is 1. The van der Waals surface area contributed by atoms with Crippen molar-refractivity contribution in [1.29, 1.82) is 0 Å². The van der Waals surface area contributed by atoms with Crippen molar-refractivity contribution in [2.75, 3.05) is 0 Å². The van der Waals surface area contributed by atoms with Crippen molar-refractivity contribution in [1.82, 2.24) is 0 Å². The topological polar surface area (TPSA) is 69.1 Å². The Hall–Kier alpha value is -1.06. The Morgan fingerprint density at radius 2 is 1.92 bits per heavy atom. The van der Waals surface area contributed by atoms with Crippen LogP contribution in [0.25, 0.3) is 0 Å². The van der Waals surface area contributed by atoms with E-state index in [4.69, 9.17) is 11.5 Å². The van der Waals surface area contributed by atoms with Crippen LogP contribution in [0.2, 0.25) is 0 Å². The molecule has 0 saturated carbocycles. The SMILES string of the molecule is CC(N)c1ccccc1C(N)=O.Cl. The highest BCUT2D eigenvalue weighted by atomic mass is 35.5. The van der Waals surface area contributed by atoms with E-state index in [9.17, 15) is 4.79 Å². The van der Waals surface area contributed by atoms with Gasteiger partial charge < -0.3 is 11.5 Å². The monoisotopic (exact) mass is 200 g/mol. The third kappa shape index (κ3) is 2.72. The summed E-state index contributed by atoms with van der Waals surface area (Å²) in [4.78, 5) is 10.9. The molecule has 1 atom stereocenters. The van der Waals surface area contributed by atoms with E-state index in [0.29, 0.717) is 5.56 Å². The minimum Gasteiger partial charge on any atom is -0.366 e. The Balaban J connectivity index is 0.00000144.